The summed E-state index contributed by atoms with van der Waals surface area (Å²) in [4.78, 5) is 10.3. The Bertz CT molecular complexity index is 588. The van der Waals surface area contributed by atoms with Gasteiger partial charge < -0.3 is 15.2 Å². The summed E-state index contributed by atoms with van der Waals surface area (Å²) in [6, 6.07) is 3.82. The van der Waals surface area contributed by atoms with Crippen LogP contribution >= 0.6 is 35.1 Å². The lowest BCUT2D eigenvalue weighted by Gasteiger charge is -2.11. The third-order valence-electron chi connectivity index (χ3n) is 2.84. The molecule has 0 atom stereocenters. The Balaban J connectivity index is 1.58. The number of aromatic nitrogens is 2. The zero-order valence-electron chi connectivity index (χ0n) is 13.4. The van der Waals surface area contributed by atoms with E-state index in [9.17, 15) is 10.1 Å². The zero-order chi connectivity index (χ0) is 17.7. The van der Waals surface area contributed by atoms with Gasteiger partial charge in [-0.1, -0.05) is 5.16 Å². The number of nitrogens with one attached hydrogen (secondary N) is 2. The Morgan fingerprint density at radius 1 is 1.24 bits per heavy atom. The minimum Gasteiger partial charge on any atom is -0.366 e. The number of nitro groups is 1. The number of rotatable bonds is 13. The van der Waals surface area contributed by atoms with Crippen molar-refractivity contribution in [2.75, 3.05) is 24.6 Å². The fraction of sp³-hybridized carbons (Fsp3) is 0.429. The van der Waals surface area contributed by atoms with Crippen LogP contribution in [-0.4, -0.2) is 39.0 Å². The maximum atomic E-state index is 10.7. The first kappa shape index (κ1) is 19.6. The Labute approximate surface area is 158 Å². The second-order valence-corrected chi connectivity index (χ2v) is 7.64. The summed E-state index contributed by atoms with van der Waals surface area (Å²) in [5.41, 5.74) is 1.96. The van der Waals surface area contributed by atoms with E-state index in [0.29, 0.717) is 18.9 Å². The quantitative estimate of drug-likeness (QED) is 0.297. The van der Waals surface area contributed by atoms with Gasteiger partial charge in [0.1, 0.15) is 6.26 Å². The second kappa shape index (κ2) is 11.8. The summed E-state index contributed by atoms with van der Waals surface area (Å²) in [6.07, 6.45) is 2.51. The maximum Gasteiger partial charge on any atom is 0.274 e. The molecule has 0 amide bonds. The van der Waals surface area contributed by atoms with E-state index in [2.05, 4.69) is 20.2 Å². The minimum absolute atomic E-state index is 0.432. The largest absolute Gasteiger partial charge is 0.366 e. The van der Waals surface area contributed by atoms with E-state index in [1.807, 2.05) is 17.5 Å². The van der Waals surface area contributed by atoms with Crippen molar-refractivity contribution >= 4 is 35.1 Å². The molecule has 0 aromatic carbocycles. The number of hydrogen-bond acceptors (Lipinski definition) is 10. The van der Waals surface area contributed by atoms with Crippen LogP contribution in [0.1, 0.15) is 11.4 Å². The zero-order valence-corrected chi connectivity index (χ0v) is 15.9. The summed E-state index contributed by atoms with van der Waals surface area (Å²) >= 11 is 4.86. The van der Waals surface area contributed by atoms with Crippen molar-refractivity contribution in [2.45, 2.75) is 11.5 Å². The molecular formula is C14H19N5O3S3. The highest BCUT2D eigenvalue weighted by Gasteiger charge is 2.03. The van der Waals surface area contributed by atoms with Crippen LogP contribution in [0.25, 0.3) is 0 Å². The molecule has 0 aliphatic heterocycles. The average Bonchev–Trinajstić information content (AvgIpc) is 3.27. The van der Waals surface area contributed by atoms with Gasteiger partial charge in [0.15, 0.2) is 5.82 Å². The molecule has 136 valence electrons. The molecule has 11 heteroatoms. The van der Waals surface area contributed by atoms with Gasteiger partial charge in [-0.25, -0.2) is 0 Å². The molecule has 0 saturated heterocycles. The van der Waals surface area contributed by atoms with E-state index in [1.54, 1.807) is 29.8 Å². The molecular weight excluding hydrogens is 382 g/mol. The van der Waals surface area contributed by atoms with Crippen molar-refractivity contribution in [3.05, 3.63) is 57.3 Å². The molecule has 8 nitrogen and oxygen atoms in total. The Hall–Kier alpha value is -1.72. The van der Waals surface area contributed by atoms with Crippen LogP contribution in [-0.2, 0) is 11.5 Å². The van der Waals surface area contributed by atoms with Gasteiger partial charge in [0.25, 0.3) is 6.20 Å². The molecule has 0 saturated carbocycles. The second-order valence-electron chi connectivity index (χ2n) is 4.77. The monoisotopic (exact) mass is 401 g/mol. The van der Waals surface area contributed by atoms with Gasteiger partial charge in [-0.05, 0) is 17.6 Å². The minimum atomic E-state index is -0.458. The van der Waals surface area contributed by atoms with Crippen LogP contribution in [0.4, 0.5) is 0 Å². The summed E-state index contributed by atoms with van der Waals surface area (Å²) < 4.78 is 9.00. The average molecular weight is 402 g/mol. The highest BCUT2D eigenvalue weighted by atomic mass is 32.2. The topological polar surface area (TPSA) is 106 Å². The predicted octanol–water partition coefficient (Wildman–Crippen LogP) is 2.55. The molecule has 2 N–H and O–H groups in total. The third kappa shape index (κ3) is 8.79. The maximum absolute atomic E-state index is 10.7. The van der Waals surface area contributed by atoms with Crippen LogP contribution < -0.4 is 10.6 Å². The van der Waals surface area contributed by atoms with E-state index >= 15 is 0 Å². The smallest absolute Gasteiger partial charge is 0.274 e. The Kier molecular flexibility index (Phi) is 9.23. The van der Waals surface area contributed by atoms with Gasteiger partial charge in [-0.3, -0.25) is 10.1 Å². The summed E-state index contributed by atoms with van der Waals surface area (Å²) in [7, 11) is 0. The molecule has 2 rings (SSSR count). The van der Waals surface area contributed by atoms with Gasteiger partial charge in [-0.15, -0.1) is 0 Å². The van der Waals surface area contributed by atoms with E-state index in [1.165, 1.54) is 11.5 Å². The normalized spacial score (nSPS) is 11.4. The van der Waals surface area contributed by atoms with E-state index < -0.39 is 4.92 Å². The summed E-state index contributed by atoms with van der Waals surface area (Å²) in [5.74, 6) is 3.69. The van der Waals surface area contributed by atoms with Gasteiger partial charge in [0.05, 0.1) is 16.3 Å². The van der Waals surface area contributed by atoms with Crippen LogP contribution in [0.5, 0.6) is 0 Å². The van der Waals surface area contributed by atoms with Gasteiger partial charge >= 0.3 is 0 Å². The highest BCUT2D eigenvalue weighted by Crippen LogP contribution is 2.11. The van der Waals surface area contributed by atoms with Crippen molar-refractivity contribution in [2.24, 2.45) is 0 Å². The number of hydrogen-bond donors (Lipinski definition) is 2. The molecule has 0 fully saturated rings. The molecule has 2 aromatic rings. The fourth-order valence-corrected chi connectivity index (χ4v) is 3.88. The highest BCUT2D eigenvalue weighted by molar-refractivity contribution is 7.98. The first-order chi connectivity index (χ1) is 12.2. The van der Waals surface area contributed by atoms with Crippen molar-refractivity contribution in [3.8, 4) is 0 Å². The molecule has 2 aromatic heterocycles. The van der Waals surface area contributed by atoms with Crippen LogP contribution in [0.2, 0.25) is 0 Å². The SMILES string of the molecule is O=[N+]([O-])C=C(NCCSCc1ccon1)NCCSCc1ccsn1. The molecule has 2 heterocycles. The van der Waals surface area contributed by atoms with E-state index in [0.717, 1.165) is 40.6 Å². The first-order valence-electron chi connectivity index (χ1n) is 7.51. The lowest BCUT2D eigenvalue weighted by Crippen LogP contribution is -2.30. The molecule has 0 spiro atoms. The van der Waals surface area contributed by atoms with Gasteiger partial charge in [0.2, 0.25) is 0 Å². The van der Waals surface area contributed by atoms with Crippen LogP contribution in [0.3, 0.4) is 0 Å². The van der Waals surface area contributed by atoms with Crippen molar-refractivity contribution in [3.63, 3.8) is 0 Å². The molecule has 0 aliphatic carbocycles. The standard InChI is InChI=1S/C14H19N5O3S3/c20-19(21)9-14(15-3-7-23-10-12-1-5-22-17-12)16-4-8-24-11-13-2-6-25-18-13/h1-2,5-6,9,15-16H,3-4,7-8,10-11H2. The number of nitrogens with zero attached hydrogens (tertiary/aromatic N) is 3. The van der Waals surface area contributed by atoms with Crippen molar-refractivity contribution in [1.29, 1.82) is 0 Å². The molecule has 0 aliphatic rings. The number of thioether (sulfide) groups is 2. The Morgan fingerprint density at radius 3 is 2.52 bits per heavy atom. The van der Waals surface area contributed by atoms with Crippen LogP contribution in [0, 0.1) is 10.1 Å². The van der Waals surface area contributed by atoms with Crippen molar-refractivity contribution in [1.82, 2.24) is 20.2 Å². The molecule has 0 unspecified atom stereocenters. The summed E-state index contributed by atoms with van der Waals surface area (Å²) in [6.45, 7) is 1.27. The predicted molar refractivity (Wildman–Crippen MR) is 102 cm³/mol. The van der Waals surface area contributed by atoms with Gasteiger partial charge in [0, 0.05) is 47.5 Å². The third-order valence-corrected chi connectivity index (χ3v) is 5.42. The molecule has 0 bridgehead atoms. The lowest BCUT2D eigenvalue weighted by atomic mass is 10.5. The van der Waals surface area contributed by atoms with Crippen molar-refractivity contribution < 1.29 is 9.45 Å². The fourth-order valence-electron chi connectivity index (χ4n) is 1.75. The van der Waals surface area contributed by atoms with Gasteiger partial charge in [-0.2, -0.15) is 27.9 Å². The van der Waals surface area contributed by atoms with E-state index in [-0.39, 0.29) is 0 Å². The summed E-state index contributed by atoms with van der Waals surface area (Å²) in [5, 5.41) is 22.6. The Morgan fingerprint density at radius 2 is 1.96 bits per heavy atom. The first-order valence-corrected chi connectivity index (χ1v) is 10.7. The van der Waals surface area contributed by atoms with Crippen LogP contribution in [0.15, 0.2) is 40.3 Å². The molecule has 25 heavy (non-hydrogen) atoms. The lowest BCUT2D eigenvalue weighted by molar-refractivity contribution is -0.404. The molecule has 0 radical (unpaired) electrons. The van der Waals surface area contributed by atoms with E-state index in [4.69, 9.17) is 4.52 Å².